The fraction of sp³-hybridized carbons (Fsp3) is 0.263. The van der Waals surface area contributed by atoms with E-state index in [1.165, 1.54) is 44.5 Å². The SMILES string of the molecule is CC1=Cc2c(cccc2-c2ccc(C)c(C)c2C)C1. The molecule has 0 fully saturated rings. The Morgan fingerprint density at radius 3 is 2.37 bits per heavy atom. The summed E-state index contributed by atoms with van der Waals surface area (Å²) >= 11 is 0. The first-order chi connectivity index (χ1) is 9.08. The van der Waals surface area contributed by atoms with Crippen molar-refractivity contribution in [3.05, 3.63) is 63.7 Å². The third kappa shape index (κ3) is 1.92. The van der Waals surface area contributed by atoms with E-state index in [9.17, 15) is 0 Å². The van der Waals surface area contributed by atoms with Crippen LogP contribution in [0, 0.1) is 20.8 Å². The van der Waals surface area contributed by atoms with E-state index in [1.807, 2.05) is 0 Å². The maximum absolute atomic E-state index is 2.35. The van der Waals surface area contributed by atoms with Crippen LogP contribution in [-0.4, -0.2) is 0 Å². The Kier molecular flexibility index (Phi) is 2.82. The highest BCUT2D eigenvalue weighted by molar-refractivity contribution is 5.82. The summed E-state index contributed by atoms with van der Waals surface area (Å²) in [5.74, 6) is 0. The lowest BCUT2D eigenvalue weighted by Crippen LogP contribution is -1.93. The van der Waals surface area contributed by atoms with Crippen molar-refractivity contribution < 1.29 is 0 Å². The van der Waals surface area contributed by atoms with Crippen LogP contribution in [0.25, 0.3) is 17.2 Å². The van der Waals surface area contributed by atoms with Crippen LogP contribution >= 0.6 is 0 Å². The number of fused-ring (bicyclic) bond motifs is 1. The quantitative estimate of drug-likeness (QED) is 0.647. The second-order valence-corrected chi connectivity index (χ2v) is 5.73. The molecule has 96 valence electrons. The van der Waals surface area contributed by atoms with Crippen LogP contribution in [0.5, 0.6) is 0 Å². The van der Waals surface area contributed by atoms with E-state index in [2.05, 4.69) is 64.1 Å². The Morgan fingerprint density at radius 1 is 0.789 bits per heavy atom. The molecule has 0 saturated carbocycles. The number of hydrogen-bond donors (Lipinski definition) is 0. The lowest BCUT2D eigenvalue weighted by Gasteiger charge is -2.14. The van der Waals surface area contributed by atoms with Gasteiger partial charge in [-0.1, -0.05) is 42.0 Å². The van der Waals surface area contributed by atoms with E-state index in [1.54, 1.807) is 0 Å². The van der Waals surface area contributed by atoms with E-state index in [-0.39, 0.29) is 0 Å². The molecule has 1 aliphatic rings. The highest BCUT2D eigenvalue weighted by atomic mass is 14.2. The van der Waals surface area contributed by atoms with Gasteiger partial charge in [-0.25, -0.2) is 0 Å². The first kappa shape index (κ1) is 12.2. The molecule has 0 heterocycles. The van der Waals surface area contributed by atoms with E-state index in [0.29, 0.717) is 0 Å². The van der Waals surface area contributed by atoms with Gasteiger partial charge < -0.3 is 0 Å². The lowest BCUT2D eigenvalue weighted by molar-refractivity contribution is 1.19. The zero-order valence-corrected chi connectivity index (χ0v) is 12.2. The van der Waals surface area contributed by atoms with Gasteiger partial charge in [-0.15, -0.1) is 0 Å². The summed E-state index contributed by atoms with van der Waals surface area (Å²) in [6, 6.07) is 11.2. The van der Waals surface area contributed by atoms with E-state index < -0.39 is 0 Å². The van der Waals surface area contributed by atoms with Gasteiger partial charge in [0.25, 0.3) is 0 Å². The third-order valence-corrected chi connectivity index (χ3v) is 4.40. The van der Waals surface area contributed by atoms with Crippen molar-refractivity contribution in [3.63, 3.8) is 0 Å². The smallest absolute Gasteiger partial charge is 0.00604 e. The summed E-state index contributed by atoms with van der Waals surface area (Å²) in [6.07, 6.45) is 3.45. The van der Waals surface area contributed by atoms with Crippen molar-refractivity contribution in [1.29, 1.82) is 0 Å². The molecule has 0 spiro atoms. The molecule has 19 heavy (non-hydrogen) atoms. The molecule has 2 aromatic rings. The minimum Gasteiger partial charge on any atom is -0.0683 e. The van der Waals surface area contributed by atoms with Gasteiger partial charge in [-0.05, 0) is 73.1 Å². The van der Waals surface area contributed by atoms with Gasteiger partial charge in [0.05, 0.1) is 0 Å². The molecule has 1 aliphatic carbocycles. The standard InChI is InChI=1S/C19H20/c1-12-10-16-6-5-7-18(19(16)11-12)17-9-8-13(2)14(3)15(17)4/h5-9,11H,10H2,1-4H3. The molecular formula is C19H20. The molecule has 0 heteroatoms. The summed E-state index contributed by atoms with van der Waals surface area (Å²) in [5, 5.41) is 0. The van der Waals surface area contributed by atoms with Crippen LogP contribution in [0.3, 0.4) is 0 Å². The topological polar surface area (TPSA) is 0 Å². The maximum Gasteiger partial charge on any atom is -0.00604 e. The van der Waals surface area contributed by atoms with Gasteiger partial charge in [0, 0.05) is 0 Å². The Hall–Kier alpha value is -1.82. The molecule has 0 unspecified atom stereocenters. The van der Waals surface area contributed by atoms with Gasteiger partial charge in [0.15, 0.2) is 0 Å². The van der Waals surface area contributed by atoms with Crippen LogP contribution in [0.1, 0.15) is 34.7 Å². The normalized spacial score (nSPS) is 13.4. The molecule has 3 rings (SSSR count). The van der Waals surface area contributed by atoms with Gasteiger partial charge in [-0.3, -0.25) is 0 Å². The van der Waals surface area contributed by atoms with E-state index in [0.717, 1.165) is 6.42 Å². The van der Waals surface area contributed by atoms with E-state index >= 15 is 0 Å². The average molecular weight is 248 g/mol. The van der Waals surface area contributed by atoms with Crippen molar-refractivity contribution in [1.82, 2.24) is 0 Å². The minimum atomic E-state index is 1.10. The number of hydrogen-bond acceptors (Lipinski definition) is 0. The van der Waals surface area contributed by atoms with E-state index in [4.69, 9.17) is 0 Å². The summed E-state index contributed by atoms with van der Waals surface area (Å²) in [6.45, 7) is 8.86. The molecule has 0 bridgehead atoms. The van der Waals surface area contributed by atoms with Crippen LogP contribution < -0.4 is 0 Å². The van der Waals surface area contributed by atoms with Crippen molar-refractivity contribution in [2.45, 2.75) is 34.1 Å². The van der Waals surface area contributed by atoms with Crippen molar-refractivity contribution in [2.24, 2.45) is 0 Å². The monoisotopic (exact) mass is 248 g/mol. The summed E-state index contributed by atoms with van der Waals surface area (Å²) in [7, 11) is 0. The van der Waals surface area contributed by atoms with Crippen LogP contribution in [-0.2, 0) is 6.42 Å². The van der Waals surface area contributed by atoms with Crippen LogP contribution in [0.15, 0.2) is 35.9 Å². The van der Waals surface area contributed by atoms with Crippen LogP contribution in [0.2, 0.25) is 0 Å². The highest BCUT2D eigenvalue weighted by Crippen LogP contribution is 2.36. The van der Waals surface area contributed by atoms with Gasteiger partial charge >= 0.3 is 0 Å². The molecule has 0 nitrogen and oxygen atoms in total. The maximum atomic E-state index is 2.35. The van der Waals surface area contributed by atoms with Gasteiger partial charge in [0.1, 0.15) is 0 Å². The molecule has 0 saturated heterocycles. The Bertz CT molecular complexity index is 687. The molecular weight excluding hydrogens is 228 g/mol. The van der Waals surface area contributed by atoms with Gasteiger partial charge in [0.2, 0.25) is 0 Å². The highest BCUT2D eigenvalue weighted by Gasteiger charge is 2.16. The Morgan fingerprint density at radius 2 is 1.58 bits per heavy atom. The zero-order chi connectivity index (χ0) is 13.6. The van der Waals surface area contributed by atoms with Crippen molar-refractivity contribution >= 4 is 6.08 Å². The molecule has 0 radical (unpaired) electrons. The molecule has 0 aromatic heterocycles. The second-order valence-electron chi connectivity index (χ2n) is 5.73. The summed E-state index contributed by atoms with van der Waals surface area (Å²) < 4.78 is 0. The van der Waals surface area contributed by atoms with Crippen molar-refractivity contribution in [2.75, 3.05) is 0 Å². The number of allylic oxidation sites excluding steroid dienone is 1. The predicted molar refractivity (Wildman–Crippen MR) is 83.4 cm³/mol. The molecule has 0 aliphatic heterocycles. The third-order valence-electron chi connectivity index (χ3n) is 4.40. The fourth-order valence-electron chi connectivity index (χ4n) is 3.02. The Balaban J connectivity index is 2.25. The first-order valence-corrected chi connectivity index (χ1v) is 6.94. The molecule has 0 N–H and O–H groups in total. The lowest BCUT2D eigenvalue weighted by atomic mass is 9.90. The fourth-order valence-corrected chi connectivity index (χ4v) is 3.02. The first-order valence-electron chi connectivity index (χ1n) is 6.94. The largest absolute Gasteiger partial charge is 0.0683 e. The predicted octanol–water partition coefficient (Wildman–Crippen LogP) is 5.24. The summed E-state index contributed by atoms with van der Waals surface area (Å²) in [4.78, 5) is 0. The Labute approximate surface area is 115 Å². The number of rotatable bonds is 1. The van der Waals surface area contributed by atoms with Crippen LogP contribution in [0.4, 0.5) is 0 Å². The molecule has 2 aromatic carbocycles. The number of aryl methyl sites for hydroxylation is 1. The minimum absolute atomic E-state index is 1.10. The van der Waals surface area contributed by atoms with Crippen molar-refractivity contribution in [3.8, 4) is 11.1 Å². The number of benzene rings is 2. The second kappa shape index (κ2) is 4.38. The average Bonchev–Trinajstić information content (AvgIpc) is 2.76. The van der Waals surface area contributed by atoms with Gasteiger partial charge in [-0.2, -0.15) is 0 Å². The molecule has 0 atom stereocenters. The summed E-state index contributed by atoms with van der Waals surface area (Å²) in [5.41, 5.74) is 11.3. The molecule has 0 amide bonds. The zero-order valence-electron chi connectivity index (χ0n) is 12.2.